The summed E-state index contributed by atoms with van der Waals surface area (Å²) in [5, 5.41) is 16.0. The molecule has 2 heteroatoms. The van der Waals surface area contributed by atoms with Crippen molar-refractivity contribution >= 4 is 118 Å². The second-order valence-electron chi connectivity index (χ2n) is 21.0. The van der Waals surface area contributed by atoms with E-state index in [1.165, 1.54) is 167 Å². The van der Waals surface area contributed by atoms with Gasteiger partial charge in [0.05, 0.1) is 0 Å². The van der Waals surface area contributed by atoms with E-state index in [0.717, 1.165) is 6.42 Å². The number of rotatable bonds is 6. The fourth-order valence-corrected chi connectivity index (χ4v) is 15.5. The van der Waals surface area contributed by atoms with E-state index in [1.54, 1.807) is 0 Å². The van der Waals surface area contributed by atoms with Gasteiger partial charge in [-0.05, 0) is 169 Å². The Morgan fingerprint density at radius 3 is 1.39 bits per heavy atom. The van der Waals surface area contributed by atoms with Crippen molar-refractivity contribution in [3.05, 3.63) is 265 Å². The van der Waals surface area contributed by atoms with E-state index in [9.17, 15) is 0 Å². The molecule has 13 aromatic carbocycles. The molecule has 0 N–H and O–H groups in total. The molecule has 0 saturated heterocycles. The maximum absolute atomic E-state index is 2.50. The van der Waals surface area contributed by atoms with E-state index in [1.807, 2.05) is 22.7 Å². The maximum Gasteiger partial charge on any atom is 0.0355 e. The lowest BCUT2D eigenvalue weighted by Gasteiger charge is -2.30. The largest absolute Gasteiger partial charge is 0.135 e. The van der Waals surface area contributed by atoms with Crippen LogP contribution < -0.4 is 0 Å². The summed E-state index contributed by atoms with van der Waals surface area (Å²) in [6, 6.07) is 87.2. The number of hydrogen-bond acceptors (Lipinski definition) is 2. The molecule has 352 valence electrons. The van der Waals surface area contributed by atoms with Crippen LogP contribution in [-0.2, 0) is 6.42 Å². The van der Waals surface area contributed by atoms with Crippen LogP contribution in [-0.4, -0.2) is 0 Å². The average Bonchev–Trinajstić information content (AvgIpc) is 4.10. The minimum Gasteiger partial charge on any atom is -0.135 e. The van der Waals surface area contributed by atoms with Crippen LogP contribution in [0.4, 0.5) is 0 Å². The third kappa shape index (κ3) is 6.35. The Labute approximate surface area is 447 Å². The van der Waals surface area contributed by atoms with Crippen LogP contribution in [0.3, 0.4) is 0 Å². The minimum atomic E-state index is 0.226. The minimum absolute atomic E-state index is 0.226. The first-order valence-electron chi connectivity index (χ1n) is 26.5. The van der Waals surface area contributed by atoms with Crippen LogP contribution >= 0.6 is 22.7 Å². The summed E-state index contributed by atoms with van der Waals surface area (Å²) in [6.07, 6.45) is 8.23. The van der Waals surface area contributed by atoms with Crippen molar-refractivity contribution in [2.75, 3.05) is 0 Å². The van der Waals surface area contributed by atoms with Crippen molar-refractivity contribution in [1.29, 1.82) is 0 Å². The zero-order chi connectivity index (χ0) is 49.6. The van der Waals surface area contributed by atoms with E-state index in [-0.39, 0.29) is 5.92 Å². The van der Waals surface area contributed by atoms with Crippen LogP contribution in [0.2, 0.25) is 0 Å². The smallest absolute Gasteiger partial charge is 0.0355 e. The highest BCUT2D eigenvalue weighted by Gasteiger charge is 2.28. The van der Waals surface area contributed by atoms with Crippen molar-refractivity contribution in [3.63, 3.8) is 0 Å². The molecular weight excluding hydrogens is 953 g/mol. The lowest BCUT2D eigenvalue weighted by Crippen LogP contribution is -2.10. The monoisotopic (exact) mass is 996 g/mol. The van der Waals surface area contributed by atoms with E-state index in [0.29, 0.717) is 0 Å². The second kappa shape index (κ2) is 16.3. The summed E-state index contributed by atoms with van der Waals surface area (Å²) in [7, 11) is 0. The van der Waals surface area contributed by atoms with Gasteiger partial charge in [0, 0.05) is 46.3 Å². The molecule has 0 amide bonds. The van der Waals surface area contributed by atoms with Crippen LogP contribution in [0.15, 0.2) is 243 Å². The average molecular weight is 997 g/mol. The summed E-state index contributed by atoms with van der Waals surface area (Å²) >= 11 is 3.77. The summed E-state index contributed by atoms with van der Waals surface area (Å²) < 4.78 is 5.39. The second-order valence-corrected chi connectivity index (χ2v) is 23.1. The van der Waals surface area contributed by atoms with Gasteiger partial charge in [-0.25, -0.2) is 0 Å². The molecule has 15 aromatic rings. The number of hydrogen-bond donors (Lipinski definition) is 0. The molecule has 2 aromatic heterocycles. The highest BCUT2D eigenvalue weighted by molar-refractivity contribution is 7.26. The number of allylic oxidation sites excluding steroid dienone is 3. The molecule has 2 heterocycles. The molecule has 1 unspecified atom stereocenters. The van der Waals surface area contributed by atoms with Crippen LogP contribution in [0.1, 0.15) is 28.2 Å². The highest BCUT2D eigenvalue weighted by Crippen LogP contribution is 2.50. The Kier molecular flexibility index (Phi) is 9.10. The molecule has 2 aliphatic carbocycles. The number of fused-ring (bicyclic) bond motifs is 6. The number of thiophene rings is 2. The standard InChI is InChI=1S/C74H44S2/c1-3-7-67-59(5-1)65-41-53(29-39-69(65)75-67)57-33-23-51-25-35-61-55(31-21-49-27-37-63(57)73(51)71(49)61)47-17-13-45(14-18-47)43-9-11-44(12-10-43)46-15-19-48(20-16-46)56-32-22-50-28-38-64-58(34-24-52-26-36-62(56)72(50)74(52)64)54-30-40-70-66(42-54)60-6-2-4-8-68(60)76-70/h1-27,29-42,58H,28H2. The predicted molar refractivity (Wildman–Crippen MR) is 331 cm³/mol. The van der Waals surface area contributed by atoms with Crippen molar-refractivity contribution in [3.8, 4) is 55.6 Å². The molecular formula is C74H44S2. The van der Waals surface area contributed by atoms with Crippen molar-refractivity contribution in [2.45, 2.75) is 12.3 Å². The first-order chi connectivity index (χ1) is 37.6. The Bertz CT molecular complexity index is 4980. The highest BCUT2D eigenvalue weighted by atomic mass is 32.1. The Morgan fingerprint density at radius 2 is 0.789 bits per heavy atom. The van der Waals surface area contributed by atoms with E-state index in [4.69, 9.17) is 0 Å². The Balaban J connectivity index is 0.649. The van der Waals surface area contributed by atoms with Crippen LogP contribution in [0, 0.1) is 0 Å². The summed E-state index contributed by atoms with van der Waals surface area (Å²) in [4.78, 5) is 0. The zero-order valence-corrected chi connectivity index (χ0v) is 42.9. The van der Waals surface area contributed by atoms with Gasteiger partial charge in [-0.15, -0.1) is 22.7 Å². The third-order valence-electron chi connectivity index (χ3n) is 17.0. The number of benzene rings is 13. The first kappa shape index (κ1) is 42.4. The van der Waals surface area contributed by atoms with Gasteiger partial charge >= 0.3 is 0 Å². The summed E-state index contributed by atoms with van der Waals surface area (Å²) in [5.74, 6) is 0.226. The molecule has 1 atom stereocenters. The fraction of sp³-hybridized carbons (Fsp3) is 0.0270. The third-order valence-corrected chi connectivity index (χ3v) is 19.3. The molecule has 76 heavy (non-hydrogen) atoms. The zero-order valence-electron chi connectivity index (χ0n) is 41.3. The molecule has 0 nitrogen and oxygen atoms in total. The van der Waals surface area contributed by atoms with E-state index >= 15 is 0 Å². The summed E-state index contributed by atoms with van der Waals surface area (Å²) in [5.41, 5.74) is 19.4. The lowest BCUT2D eigenvalue weighted by atomic mass is 9.74. The molecule has 0 fully saturated rings. The molecule has 0 saturated carbocycles. The summed E-state index contributed by atoms with van der Waals surface area (Å²) in [6.45, 7) is 0. The molecule has 0 aliphatic heterocycles. The molecule has 17 rings (SSSR count). The van der Waals surface area contributed by atoms with Gasteiger partial charge in [0.15, 0.2) is 0 Å². The van der Waals surface area contributed by atoms with Crippen molar-refractivity contribution < 1.29 is 0 Å². The predicted octanol–water partition coefficient (Wildman–Crippen LogP) is 21.6. The molecule has 0 bridgehead atoms. The Morgan fingerprint density at radius 1 is 0.329 bits per heavy atom. The van der Waals surface area contributed by atoms with Crippen molar-refractivity contribution in [2.24, 2.45) is 0 Å². The van der Waals surface area contributed by atoms with Gasteiger partial charge in [-0.2, -0.15) is 0 Å². The van der Waals surface area contributed by atoms with Crippen molar-refractivity contribution in [1.82, 2.24) is 0 Å². The molecule has 2 aliphatic rings. The molecule has 0 radical (unpaired) electrons. The van der Waals surface area contributed by atoms with Gasteiger partial charge in [-0.1, -0.05) is 212 Å². The van der Waals surface area contributed by atoms with E-state index < -0.39 is 0 Å². The van der Waals surface area contributed by atoms with Crippen LogP contribution in [0.25, 0.3) is 151 Å². The fourth-order valence-electron chi connectivity index (χ4n) is 13.3. The van der Waals surface area contributed by atoms with Gasteiger partial charge in [-0.3, -0.25) is 0 Å². The molecule has 0 spiro atoms. The van der Waals surface area contributed by atoms with Gasteiger partial charge in [0.25, 0.3) is 0 Å². The quantitative estimate of drug-likeness (QED) is 0.146. The SMILES string of the molecule is C1=CC(c2ccc3sc4ccccc4c3c2)C2=CCc3ccc(-c4ccc(-c5ccc(-c6ccc(-c7ccc8ccc9c(-c%10ccc%11sc%12ccccc%12c%11c%10)ccc%10ccc7c8c%109)cc6)cc5)cc4)c4ccc1c2c34. The maximum atomic E-state index is 2.50. The Hall–Kier alpha value is -8.92. The van der Waals surface area contributed by atoms with E-state index in [2.05, 4.69) is 249 Å². The van der Waals surface area contributed by atoms with Gasteiger partial charge in [0.1, 0.15) is 0 Å². The van der Waals surface area contributed by atoms with Gasteiger partial charge in [0.2, 0.25) is 0 Å². The topological polar surface area (TPSA) is 0 Å². The first-order valence-corrected chi connectivity index (χ1v) is 28.1. The van der Waals surface area contributed by atoms with Crippen LogP contribution in [0.5, 0.6) is 0 Å². The van der Waals surface area contributed by atoms with Gasteiger partial charge < -0.3 is 0 Å². The normalized spacial score (nSPS) is 14.2. The lowest BCUT2D eigenvalue weighted by molar-refractivity contribution is 1.08.